The van der Waals surface area contributed by atoms with Gasteiger partial charge in [-0.1, -0.05) is 27.4 Å². The Morgan fingerprint density at radius 2 is 1.84 bits per heavy atom. The summed E-state index contributed by atoms with van der Waals surface area (Å²) >= 11 is 0. The largest absolute Gasteiger partial charge is 0.462 e. The molecule has 0 aliphatic carbocycles. The highest BCUT2D eigenvalue weighted by Crippen LogP contribution is 2.27. The number of rotatable bonds is 9. The van der Waals surface area contributed by atoms with Gasteiger partial charge in [-0.15, -0.1) is 0 Å². The van der Waals surface area contributed by atoms with E-state index in [9.17, 15) is 13.2 Å². The van der Waals surface area contributed by atoms with Crippen molar-refractivity contribution in [1.29, 1.82) is 0 Å². The SMILES string of the molecule is C=C(C)C(=O)OCCC(C)(C)CCCS(=O)(=O)CC. The van der Waals surface area contributed by atoms with E-state index >= 15 is 0 Å². The van der Waals surface area contributed by atoms with E-state index in [4.69, 9.17) is 4.74 Å². The quantitative estimate of drug-likeness (QED) is 0.484. The summed E-state index contributed by atoms with van der Waals surface area (Å²) in [7, 11) is -2.88. The zero-order valence-electron chi connectivity index (χ0n) is 12.5. The molecule has 0 amide bonds. The van der Waals surface area contributed by atoms with Crippen molar-refractivity contribution in [2.45, 2.75) is 47.0 Å². The zero-order valence-corrected chi connectivity index (χ0v) is 13.3. The minimum absolute atomic E-state index is 0.0292. The van der Waals surface area contributed by atoms with Crippen molar-refractivity contribution in [3.63, 3.8) is 0 Å². The monoisotopic (exact) mass is 290 g/mol. The van der Waals surface area contributed by atoms with Gasteiger partial charge in [0.1, 0.15) is 9.84 Å². The van der Waals surface area contributed by atoms with Crippen LogP contribution in [0.15, 0.2) is 12.2 Å². The Kier molecular flexibility index (Phi) is 7.34. The molecule has 0 aromatic rings. The molecule has 0 radical (unpaired) electrons. The normalized spacial score (nSPS) is 12.2. The topological polar surface area (TPSA) is 60.4 Å². The molecule has 0 unspecified atom stereocenters. The van der Waals surface area contributed by atoms with E-state index in [0.717, 1.165) is 12.8 Å². The van der Waals surface area contributed by atoms with Crippen LogP contribution < -0.4 is 0 Å². The van der Waals surface area contributed by atoms with Gasteiger partial charge in [0.15, 0.2) is 0 Å². The molecule has 0 N–H and O–H groups in total. The van der Waals surface area contributed by atoms with Crippen LogP contribution in [0.1, 0.15) is 47.0 Å². The first kappa shape index (κ1) is 18.2. The summed E-state index contributed by atoms with van der Waals surface area (Å²) in [5.41, 5.74) is 0.366. The Hall–Kier alpha value is -0.840. The molecule has 0 aliphatic rings. The van der Waals surface area contributed by atoms with Crippen molar-refractivity contribution in [1.82, 2.24) is 0 Å². The molecule has 112 valence electrons. The number of ether oxygens (including phenoxy) is 1. The third-order valence-corrected chi connectivity index (χ3v) is 4.90. The molecule has 5 heteroatoms. The first-order valence-electron chi connectivity index (χ1n) is 6.63. The summed E-state index contributed by atoms with van der Waals surface area (Å²) in [6, 6.07) is 0. The van der Waals surface area contributed by atoms with Crippen molar-refractivity contribution in [3.8, 4) is 0 Å². The molecule has 0 aromatic carbocycles. The predicted octanol–water partition coefficient (Wildman–Crippen LogP) is 2.74. The lowest BCUT2D eigenvalue weighted by Crippen LogP contribution is -2.18. The van der Waals surface area contributed by atoms with E-state index in [1.54, 1.807) is 13.8 Å². The molecule has 0 bridgehead atoms. The lowest BCUT2D eigenvalue weighted by atomic mass is 9.85. The molecular formula is C14H26O4S. The van der Waals surface area contributed by atoms with Gasteiger partial charge in [0.2, 0.25) is 0 Å². The maximum Gasteiger partial charge on any atom is 0.333 e. The molecule has 0 aliphatic heterocycles. The smallest absolute Gasteiger partial charge is 0.333 e. The highest BCUT2D eigenvalue weighted by Gasteiger charge is 2.19. The van der Waals surface area contributed by atoms with Gasteiger partial charge >= 0.3 is 5.97 Å². The Balaban J connectivity index is 3.99. The number of carbonyl (C=O) groups is 1. The van der Waals surface area contributed by atoms with Crippen molar-refractivity contribution in [2.24, 2.45) is 5.41 Å². The lowest BCUT2D eigenvalue weighted by molar-refractivity contribution is -0.139. The molecule has 0 heterocycles. The van der Waals surface area contributed by atoms with Crippen LogP contribution in [0.2, 0.25) is 0 Å². The van der Waals surface area contributed by atoms with Crippen molar-refractivity contribution >= 4 is 15.8 Å². The molecule has 4 nitrogen and oxygen atoms in total. The molecular weight excluding hydrogens is 264 g/mol. The molecule has 19 heavy (non-hydrogen) atoms. The van der Waals surface area contributed by atoms with Gasteiger partial charge in [-0.2, -0.15) is 0 Å². The van der Waals surface area contributed by atoms with E-state index in [-0.39, 0.29) is 22.9 Å². The molecule has 0 aromatic heterocycles. The highest BCUT2D eigenvalue weighted by atomic mass is 32.2. The number of sulfone groups is 1. The summed E-state index contributed by atoms with van der Waals surface area (Å²) in [4.78, 5) is 11.2. The highest BCUT2D eigenvalue weighted by molar-refractivity contribution is 7.91. The maximum absolute atomic E-state index is 11.4. The number of esters is 1. The summed E-state index contributed by atoms with van der Waals surface area (Å²) in [5.74, 6) is 0.0617. The third kappa shape index (κ3) is 8.81. The Morgan fingerprint density at radius 3 is 2.32 bits per heavy atom. The van der Waals surface area contributed by atoms with Gasteiger partial charge in [0, 0.05) is 11.3 Å². The van der Waals surface area contributed by atoms with E-state index in [0.29, 0.717) is 18.6 Å². The lowest BCUT2D eigenvalue weighted by Gasteiger charge is -2.24. The van der Waals surface area contributed by atoms with Crippen LogP contribution in [-0.4, -0.2) is 32.5 Å². The number of hydrogen-bond acceptors (Lipinski definition) is 4. The summed E-state index contributed by atoms with van der Waals surface area (Å²) in [6.07, 6.45) is 2.17. The zero-order chi connectivity index (χ0) is 15.1. The summed E-state index contributed by atoms with van der Waals surface area (Å²) in [5, 5.41) is 0. The fraction of sp³-hybridized carbons (Fsp3) is 0.786. The minimum Gasteiger partial charge on any atom is -0.462 e. The van der Waals surface area contributed by atoms with E-state index in [1.165, 1.54) is 0 Å². The fourth-order valence-corrected chi connectivity index (χ4v) is 2.46. The average molecular weight is 290 g/mol. The predicted molar refractivity (Wildman–Crippen MR) is 77.7 cm³/mol. The van der Waals surface area contributed by atoms with E-state index in [1.807, 2.05) is 0 Å². The summed E-state index contributed by atoms with van der Waals surface area (Å²) < 4.78 is 27.8. The van der Waals surface area contributed by atoms with Crippen LogP contribution >= 0.6 is 0 Å². The Bertz CT molecular complexity index is 407. The van der Waals surface area contributed by atoms with Crippen LogP contribution in [0.4, 0.5) is 0 Å². The maximum atomic E-state index is 11.4. The first-order chi connectivity index (χ1) is 8.59. The van der Waals surface area contributed by atoms with Gasteiger partial charge in [0.05, 0.1) is 12.4 Å². The standard InChI is InChI=1S/C14H26O4S/c1-6-19(16,17)11-7-8-14(4,5)9-10-18-13(15)12(2)3/h2,6-11H2,1,3-5H3. The van der Waals surface area contributed by atoms with Crippen LogP contribution in [0, 0.1) is 5.41 Å². The minimum atomic E-state index is -2.88. The molecule has 0 fully saturated rings. The first-order valence-corrected chi connectivity index (χ1v) is 8.45. The van der Waals surface area contributed by atoms with Gasteiger partial charge in [-0.05, 0) is 31.6 Å². The van der Waals surface area contributed by atoms with Crippen LogP contribution in [0.3, 0.4) is 0 Å². The second-order valence-electron chi connectivity index (χ2n) is 5.67. The van der Waals surface area contributed by atoms with Gasteiger partial charge in [-0.3, -0.25) is 0 Å². The number of hydrogen-bond donors (Lipinski definition) is 0. The third-order valence-electron chi connectivity index (χ3n) is 3.11. The van der Waals surface area contributed by atoms with Crippen molar-refractivity contribution in [3.05, 3.63) is 12.2 Å². The van der Waals surface area contributed by atoms with Crippen molar-refractivity contribution < 1.29 is 17.9 Å². The van der Waals surface area contributed by atoms with E-state index < -0.39 is 9.84 Å². The number of carbonyl (C=O) groups excluding carboxylic acids is 1. The molecule has 0 saturated carbocycles. The Morgan fingerprint density at radius 1 is 1.26 bits per heavy atom. The van der Waals surface area contributed by atoms with Gasteiger partial charge in [-0.25, -0.2) is 13.2 Å². The van der Waals surface area contributed by atoms with Crippen LogP contribution in [0.5, 0.6) is 0 Å². The molecule has 0 spiro atoms. The molecule has 0 saturated heterocycles. The second-order valence-corrected chi connectivity index (χ2v) is 8.14. The van der Waals surface area contributed by atoms with Crippen LogP contribution in [0.25, 0.3) is 0 Å². The Labute approximate surface area is 117 Å². The van der Waals surface area contributed by atoms with Gasteiger partial charge < -0.3 is 4.74 Å². The molecule has 0 atom stereocenters. The fourth-order valence-electron chi connectivity index (χ4n) is 1.58. The van der Waals surface area contributed by atoms with Crippen LogP contribution in [-0.2, 0) is 19.4 Å². The van der Waals surface area contributed by atoms with Gasteiger partial charge in [0.25, 0.3) is 0 Å². The summed E-state index contributed by atoms with van der Waals surface area (Å²) in [6.45, 7) is 11.3. The van der Waals surface area contributed by atoms with Crippen molar-refractivity contribution in [2.75, 3.05) is 18.1 Å². The second kappa shape index (κ2) is 7.68. The van der Waals surface area contributed by atoms with E-state index in [2.05, 4.69) is 20.4 Å². The average Bonchev–Trinajstić information content (AvgIpc) is 2.27. The molecule has 0 rings (SSSR count).